The number of carboxylic acid groups (broad SMARTS) is 1. The Bertz CT molecular complexity index is 495. The molecule has 9 heteroatoms. The average molecular weight is 500 g/mol. The lowest BCUT2D eigenvalue weighted by Crippen LogP contribution is -2.37. The molecular weight excluding hydrogens is 484 g/mol. The molecule has 0 heterocycles. The molecule has 0 spiro atoms. The Labute approximate surface area is 144 Å². The Kier molecular flexibility index (Phi) is 5.46. The number of alkyl halides is 3. The van der Waals surface area contributed by atoms with Gasteiger partial charge in [0.25, 0.3) is 10.1 Å². The lowest BCUT2D eigenvalue weighted by Gasteiger charge is -2.27. The van der Waals surface area contributed by atoms with Gasteiger partial charge in [-0.1, -0.05) is 61.6 Å². The number of hydrogen-bond donors (Lipinski definition) is 0. The van der Waals surface area contributed by atoms with Crippen molar-refractivity contribution in [3.63, 3.8) is 0 Å². The van der Waals surface area contributed by atoms with Gasteiger partial charge in [-0.3, -0.25) is 4.18 Å². The second kappa shape index (κ2) is 5.79. The topological polar surface area (TPSA) is 83.5 Å². The van der Waals surface area contributed by atoms with Crippen LogP contribution in [0.2, 0.25) is 0 Å². The minimum Gasteiger partial charge on any atom is -0.550 e. The molecule has 0 aromatic rings. The quantitative estimate of drug-likeness (QED) is 0.426. The zero-order valence-corrected chi connectivity index (χ0v) is 17.0. The molecular formula is C11H16Br3O5S-. The summed E-state index contributed by atoms with van der Waals surface area (Å²) in [5, 5.41) is 10.4. The number of carboxylic acids is 1. The predicted molar refractivity (Wildman–Crippen MR) is 84.2 cm³/mol. The molecule has 0 bridgehead atoms. The van der Waals surface area contributed by atoms with E-state index in [1.165, 1.54) is 13.8 Å². The van der Waals surface area contributed by atoms with Crippen molar-refractivity contribution in [3.05, 3.63) is 0 Å². The summed E-state index contributed by atoms with van der Waals surface area (Å²) in [5.41, 5.74) is -0.601. The molecule has 20 heavy (non-hydrogen) atoms. The minimum atomic E-state index is -3.79. The van der Waals surface area contributed by atoms with Crippen LogP contribution in [-0.2, 0) is 19.1 Å². The van der Waals surface area contributed by atoms with Crippen molar-refractivity contribution in [3.8, 4) is 0 Å². The van der Waals surface area contributed by atoms with E-state index in [1.807, 2.05) is 0 Å². The SMILES string of the molecule is CC(C)S(=O)(=O)OC(C1C(C(=O)[O-])C1(C)C)C(Br)(Br)Br. The van der Waals surface area contributed by atoms with Gasteiger partial charge in [-0.2, -0.15) is 8.42 Å². The fourth-order valence-corrected chi connectivity index (χ4v) is 4.55. The van der Waals surface area contributed by atoms with Crippen LogP contribution in [0.25, 0.3) is 0 Å². The summed E-state index contributed by atoms with van der Waals surface area (Å²) in [5.74, 6) is -2.46. The van der Waals surface area contributed by atoms with Crippen LogP contribution in [0.1, 0.15) is 27.7 Å². The maximum absolute atomic E-state index is 12.0. The second-order valence-corrected chi connectivity index (χ2v) is 14.8. The molecule has 0 aromatic carbocycles. The van der Waals surface area contributed by atoms with E-state index in [2.05, 4.69) is 47.8 Å². The van der Waals surface area contributed by atoms with E-state index < -0.39 is 46.8 Å². The van der Waals surface area contributed by atoms with E-state index in [9.17, 15) is 18.3 Å². The molecule has 1 rings (SSSR count). The van der Waals surface area contributed by atoms with Crippen LogP contribution in [0.4, 0.5) is 0 Å². The first-order valence-electron chi connectivity index (χ1n) is 5.92. The second-order valence-electron chi connectivity index (χ2n) is 5.74. The third-order valence-corrected chi connectivity index (χ3v) is 6.61. The number of carbonyl (C=O) groups excluding carboxylic acids is 1. The highest BCUT2D eigenvalue weighted by atomic mass is 80.0. The highest BCUT2D eigenvalue weighted by Crippen LogP contribution is 2.64. The van der Waals surface area contributed by atoms with Gasteiger partial charge in [0.2, 0.25) is 0 Å². The van der Waals surface area contributed by atoms with E-state index in [1.54, 1.807) is 13.8 Å². The van der Waals surface area contributed by atoms with Gasteiger partial charge in [-0.25, -0.2) is 0 Å². The highest BCUT2D eigenvalue weighted by molar-refractivity contribution is 9.39. The largest absolute Gasteiger partial charge is 0.550 e. The number of hydrogen-bond acceptors (Lipinski definition) is 5. The Morgan fingerprint density at radius 3 is 2.00 bits per heavy atom. The smallest absolute Gasteiger partial charge is 0.270 e. The van der Waals surface area contributed by atoms with E-state index in [4.69, 9.17) is 4.18 Å². The van der Waals surface area contributed by atoms with Gasteiger partial charge in [-0.15, -0.1) is 0 Å². The first-order chi connectivity index (χ1) is 8.73. The first-order valence-corrected chi connectivity index (χ1v) is 9.77. The summed E-state index contributed by atoms with van der Waals surface area (Å²) in [4.78, 5) is 11.2. The molecule has 0 aromatic heterocycles. The van der Waals surface area contributed by atoms with Crippen molar-refractivity contribution in [2.75, 3.05) is 0 Å². The molecule has 1 saturated carbocycles. The molecule has 0 saturated heterocycles. The van der Waals surface area contributed by atoms with Gasteiger partial charge in [0.05, 0.1) is 5.25 Å². The van der Waals surface area contributed by atoms with E-state index >= 15 is 0 Å². The monoisotopic (exact) mass is 497 g/mol. The Balaban J connectivity index is 3.10. The summed E-state index contributed by atoms with van der Waals surface area (Å²) in [6, 6.07) is 0. The Hall–Kier alpha value is 0.820. The molecule has 1 fully saturated rings. The predicted octanol–water partition coefficient (Wildman–Crippen LogP) is 1.97. The van der Waals surface area contributed by atoms with Crippen molar-refractivity contribution in [1.82, 2.24) is 0 Å². The van der Waals surface area contributed by atoms with Gasteiger partial charge in [0.1, 0.15) is 6.10 Å². The van der Waals surface area contributed by atoms with Crippen molar-refractivity contribution >= 4 is 63.9 Å². The standard InChI is InChI=1S/C11H17Br3O5S/c1-5(2)20(17,18)19-8(11(12,13)14)6-7(9(15)16)10(6,3)4/h5-8H,1-4H3,(H,15,16)/p-1. The minimum absolute atomic E-state index is 0.501. The van der Waals surface area contributed by atoms with Gasteiger partial charge in [0.15, 0.2) is 2.14 Å². The molecule has 118 valence electrons. The van der Waals surface area contributed by atoms with Crippen LogP contribution in [0.5, 0.6) is 0 Å². The zero-order valence-electron chi connectivity index (χ0n) is 11.4. The van der Waals surface area contributed by atoms with Crippen molar-refractivity contribution in [2.45, 2.75) is 41.2 Å². The maximum atomic E-state index is 12.0. The van der Waals surface area contributed by atoms with E-state index in [0.717, 1.165) is 0 Å². The fraction of sp³-hybridized carbons (Fsp3) is 0.909. The molecule has 0 N–H and O–H groups in total. The Morgan fingerprint density at radius 1 is 1.30 bits per heavy atom. The van der Waals surface area contributed by atoms with Crippen molar-refractivity contribution in [1.29, 1.82) is 0 Å². The Morgan fingerprint density at radius 2 is 1.75 bits per heavy atom. The van der Waals surface area contributed by atoms with Crippen LogP contribution in [0.15, 0.2) is 0 Å². The number of halogens is 3. The molecule has 5 nitrogen and oxygen atoms in total. The normalized spacial score (nSPS) is 27.4. The van der Waals surface area contributed by atoms with Crippen LogP contribution < -0.4 is 5.11 Å². The van der Waals surface area contributed by atoms with Gasteiger partial charge < -0.3 is 9.90 Å². The molecule has 0 amide bonds. The van der Waals surface area contributed by atoms with E-state index in [0.29, 0.717) is 0 Å². The van der Waals surface area contributed by atoms with E-state index in [-0.39, 0.29) is 0 Å². The third kappa shape index (κ3) is 3.77. The number of rotatable bonds is 5. The van der Waals surface area contributed by atoms with Crippen LogP contribution in [-0.4, -0.2) is 27.9 Å². The summed E-state index contributed by atoms with van der Waals surface area (Å²) in [7, 11) is -3.79. The molecule has 1 aliphatic rings. The van der Waals surface area contributed by atoms with Crippen LogP contribution in [0.3, 0.4) is 0 Å². The molecule has 1 aliphatic carbocycles. The highest BCUT2D eigenvalue weighted by Gasteiger charge is 2.66. The van der Waals surface area contributed by atoms with Crippen LogP contribution in [0, 0.1) is 17.3 Å². The summed E-state index contributed by atoms with van der Waals surface area (Å²) >= 11 is 9.74. The van der Waals surface area contributed by atoms with Gasteiger partial charge in [0, 0.05) is 17.8 Å². The molecule has 3 atom stereocenters. The lowest BCUT2D eigenvalue weighted by molar-refractivity contribution is -0.309. The summed E-state index contributed by atoms with van der Waals surface area (Å²) in [6.45, 7) is 6.49. The fourth-order valence-electron chi connectivity index (χ4n) is 2.27. The summed E-state index contributed by atoms with van der Waals surface area (Å²) in [6.07, 6.45) is -0.923. The molecule has 0 radical (unpaired) electrons. The first kappa shape index (κ1) is 18.9. The summed E-state index contributed by atoms with van der Waals surface area (Å²) < 4.78 is 28.1. The van der Waals surface area contributed by atoms with Crippen LogP contribution >= 0.6 is 47.8 Å². The number of carbonyl (C=O) groups is 1. The van der Waals surface area contributed by atoms with Gasteiger partial charge in [-0.05, 0) is 19.3 Å². The average Bonchev–Trinajstić information content (AvgIpc) is 2.75. The number of aliphatic carboxylic acids is 1. The third-order valence-electron chi connectivity index (χ3n) is 3.63. The maximum Gasteiger partial charge on any atom is 0.270 e. The zero-order chi connectivity index (χ0) is 16.1. The van der Waals surface area contributed by atoms with Crippen molar-refractivity contribution < 1.29 is 22.5 Å². The van der Waals surface area contributed by atoms with Gasteiger partial charge >= 0.3 is 0 Å². The molecule has 0 aliphatic heterocycles. The lowest BCUT2D eigenvalue weighted by atomic mass is 10.1. The molecule has 3 unspecified atom stereocenters. The van der Waals surface area contributed by atoms with Crippen molar-refractivity contribution in [2.24, 2.45) is 17.3 Å².